The summed E-state index contributed by atoms with van der Waals surface area (Å²) in [6, 6.07) is 18.1. The van der Waals surface area contributed by atoms with Crippen LogP contribution in [-0.2, 0) is 9.63 Å². The molecule has 0 unspecified atom stereocenters. The van der Waals surface area contributed by atoms with E-state index in [9.17, 15) is 19.7 Å². The van der Waals surface area contributed by atoms with Crippen LogP contribution in [0.4, 0.5) is 5.69 Å². The van der Waals surface area contributed by atoms with Gasteiger partial charge in [0, 0.05) is 19.2 Å². The minimum absolute atomic E-state index is 0.0840. The van der Waals surface area contributed by atoms with Gasteiger partial charge < -0.3 is 9.57 Å². The molecular formula is C20H16N2O6. The summed E-state index contributed by atoms with van der Waals surface area (Å²) in [6.07, 6.45) is 0. The first-order valence-electron chi connectivity index (χ1n) is 8.29. The summed E-state index contributed by atoms with van der Waals surface area (Å²) in [5.74, 6) is -0.859. The zero-order chi connectivity index (χ0) is 20.1. The number of benzene rings is 3. The van der Waals surface area contributed by atoms with E-state index in [1.54, 1.807) is 6.07 Å². The molecule has 0 saturated heterocycles. The second-order valence-corrected chi connectivity index (χ2v) is 5.87. The molecule has 8 nitrogen and oxygen atoms in total. The third-order valence-electron chi connectivity index (χ3n) is 3.97. The SMILES string of the molecule is CN(OC(=O)c1ccc([N+](=O)[O-])cc1)C(=O)COc1ccc2ccccc2c1. The molecule has 3 aromatic rings. The first-order chi connectivity index (χ1) is 13.4. The molecule has 0 aliphatic heterocycles. The van der Waals surface area contributed by atoms with Gasteiger partial charge in [0.15, 0.2) is 6.61 Å². The zero-order valence-electron chi connectivity index (χ0n) is 14.9. The Hall–Kier alpha value is -3.94. The molecule has 1 amide bonds. The number of nitro groups is 1. The van der Waals surface area contributed by atoms with Crippen LogP contribution in [0.1, 0.15) is 10.4 Å². The predicted octanol–water partition coefficient (Wildman–Crippen LogP) is 3.36. The second kappa shape index (κ2) is 8.17. The molecule has 0 heterocycles. The van der Waals surface area contributed by atoms with E-state index in [4.69, 9.17) is 9.57 Å². The van der Waals surface area contributed by atoms with Crippen LogP contribution in [-0.4, -0.2) is 35.5 Å². The number of nitro benzene ring substituents is 1. The summed E-state index contributed by atoms with van der Waals surface area (Å²) < 4.78 is 5.47. The molecule has 142 valence electrons. The van der Waals surface area contributed by atoms with E-state index in [-0.39, 0.29) is 17.9 Å². The van der Waals surface area contributed by atoms with Gasteiger partial charge in [-0.25, -0.2) is 4.79 Å². The van der Waals surface area contributed by atoms with Gasteiger partial charge in [0.2, 0.25) is 0 Å². The number of nitrogens with zero attached hydrogens (tertiary/aromatic N) is 2. The monoisotopic (exact) mass is 380 g/mol. The smallest absolute Gasteiger partial charge is 0.363 e. The Morgan fingerprint density at radius 1 is 1.00 bits per heavy atom. The maximum atomic E-state index is 12.1. The third kappa shape index (κ3) is 4.42. The number of carbonyl (C=O) groups excluding carboxylic acids is 2. The molecule has 0 saturated carbocycles. The van der Waals surface area contributed by atoms with Crippen LogP contribution in [0.5, 0.6) is 5.75 Å². The Labute approximate surface area is 160 Å². The number of non-ortho nitro benzene ring substituents is 1. The first kappa shape index (κ1) is 18.8. The van der Waals surface area contributed by atoms with Crippen molar-refractivity contribution in [3.63, 3.8) is 0 Å². The molecule has 0 aromatic heterocycles. The average molecular weight is 380 g/mol. The third-order valence-corrected chi connectivity index (χ3v) is 3.97. The Bertz CT molecular complexity index is 1030. The van der Waals surface area contributed by atoms with Gasteiger partial charge in [0.05, 0.1) is 10.5 Å². The fourth-order valence-corrected chi connectivity index (χ4v) is 2.44. The van der Waals surface area contributed by atoms with Gasteiger partial charge in [-0.2, -0.15) is 5.06 Å². The average Bonchev–Trinajstić information content (AvgIpc) is 2.71. The van der Waals surface area contributed by atoms with Gasteiger partial charge in [-0.15, -0.1) is 0 Å². The Balaban J connectivity index is 1.56. The predicted molar refractivity (Wildman–Crippen MR) is 101 cm³/mol. The van der Waals surface area contributed by atoms with Crippen LogP contribution in [0, 0.1) is 10.1 Å². The summed E-state index contributed by atoms with van der Waals surface area (Å²) in [4.78, 5) is 39.2. The van der Waals surface area contributed by atoms with Crippen LogP contribution >= 0.6 is 0 Å². The molecule has 0 N–H and O–H groups in total. The lowest BCUT2D eigenvalue weighted by molar-refractivity contribution is -0.384. The minimum Gasteiger partial charge on any atom is -0.484 e. The lowest BCUT2D eigenvalue weighted by Crippen LogP contribution is -2.33. The fraction of sp³-hybridized carbons (Fsp3) is 0.100. The van der Waals surface area contributed by atoms with Gasteiger partial charge in [-0.1, -0.05) is 30.3 Å². The van der Waals surface area contributed by atoms with Crippen molar-refractivity contribution in [1.82, 2.24) is 5.06 Å². The molecule has 0 atom stereocenters. The largest absolute Gasteiger partial charge is 0.484 e. The number of hydroxylamine groups is 2. The summed E-state index contributed by atoms with van der Waals surface area (Å²) >= 11 is 0. The molecular weight excluding hydrogens is 364 g/mol. The topological polar surface area (TPSA) is 99.0 Å². The van der Waals surface area contributed by atoms with Crippen molar-refractivity contribution in [2.45, 2.75) is 0 Å². The summed E-state index contributed by atoms with van der Waals surface area (Å²) in [6.45, 7) is -0.317. The van der Waals surface area contributed by atoms with E-state index in [0.29, 0.717) is 5.75 Å². The van der Waals surface area contributed by atoms with Crippen LogP contribution in [0.3, 0.4) is 0 Å². The highest BCUT2D eigenvalue weighted by atomic mass is 16.7. The lowest BCUT2D eigenvalue weighted by atomic mass is 10.1. The number of likely N-dealkylation sites (N-methyl/N-ethyl adjacent to an activating group) is 1. The quantitative estimate of drug-likeness (QED) is 0.497. The van der Waals surface area contributed by atoms with Crippen molar-refractivity contribution in [3.8, 4) is 5.75 Å². The van der Waals surface area contributed by atoms with E-state index in [1.807, 2.05) is 36.4 Å². The molecule has 0 bridgehead atoms. The van der Waals surface area contributed by atoms with Crippen molar-refractivity contribution >= 4 is 28.3 Å². The maximum Gasteiger partial charge on any atom is 0.363 e. The van der Waals surface area contributed by atoms with E-state index in [2.05, 4.69) is 0 Å². The fourth-order valence-electron chi connectivity index (χ4n) is 2.44. The molecule has 0 fully saturated rings. The number of fused-ring (bicyclic) bond motifs is 1. The highest BCUT2D eigenvalue weighted by molar-refractivity contribution is 5.90. The molecule has 3 rings (SSSR count). The number of carbonyl (C=O) groups is 2. The van der Waals surface area contributed by atoms with Crippen LogP contribution in [0.15, 0.2) is 66.7 Å². The van der Waals surface area contributed by atoms with Gasteiger partial charge >= 0.3 is 5.97 Å². The van der Waals surface area contributed by atoms with Crippen molar-refractivity contribution in [1.29, 1.82) is 0 Å². The van der Waals surface area contributed by atoms with Crippen molar-refractivity contribution in [3.05, 3.63) is 82.4 Å². The molecule has 0 aliphatic rings. The Morgan fingerprint density at radius 3 is 2.36 bits per heavy atom. The molecule has 8 heteroatoms. The van der Waals surface area contributed by atoms with Crippen molar-refractivity contribution in [2.24, 2.45) is 0 Å². The lowest BCUT2D eigenvalue weighted by Gasteiger charge is -2.16. The number of ether oxygens (including phenoxy) is 1. The normalized spacial score (nSPS) is 10.3. The van der Waals surface area contributed by atoms with Crippen LogP contribution in [0.25, 0.3) is 10.8 Å². The highest BCUT2D eigenvalue weighted by Gasteiger charge is 2.17. The van der Waals surface area contributed by atoms with E-state index >= 15 is 0 Å². The van der Waals surface area contributed by atoms with E-state index in [0.717, 1.165) is 15.8 Å². The zero-order valence-corrected chi connectivity index (χ0v) is 14.9. The molecule has 0 spiro atoms. The Kier molecular flexibility index (Phi) is 5.50. The second-order valence-electron chi connectivity index (χ2n) is 5.87. The molecule has 28 heavy (non-hydrogen) atoms. The van der Waals surface area contributed by atoms with Crippen LogP contribution < -0.4 is 4.74 Å². The summed E-state index contributed by atoms with van der Waals surface area (Å²) in [7, 11) is 1.29. The standard InChI is InChI=1S/C20H16N2O6/c1-21(28-20(24)15-6-9-17(10-7-15)22(25)26)19(23)13-27-18-11-8-14-4-2-3-5-16(14)12-18/h2-12H,13H2,1H3. The first-order valence-corrected chi connectivity index (χ1v) is 8.29. The molecule has 3 aromatic carbocycles. The number of hydrogen-bond donors (Lipinski definition) is 0. The van der Waals surface area contributed by atoms with Crippen LogP contribution in [0.2, 0.25) is 0 Å². The van der Waals surface area contributed by atoms with Gasteiger partial charge in [0.25, 0.3) is 11.6 Å². The number of rotatable bonds is 5. The summed E-state index contributed by atoms with van der Waals surface area (Å²) in [5.41, 5.74) is -0.0644. The summed E-state index contributed by atoms with van der Waals surface area (Å²) in [5, 5.41) is 13.4. The molecule has 0 aliphatic carbocycles. The van der Waals surface area contributed by atoms with Crippen molar-refractivity contribution < 1.29 is 24.1 Å². The van der Waals surface area contributed by atoms with E-state index < -0.39 is 16.8 Å². The number of amides is 1. The maximum absolute atomic E-state index is 12.1. The minimum atomic E-state index is -0.809. The van der Waals surface area contributed by atoms with Crippen molar-refractivity contribution in [2.75, 3.05) is 13.7 Å². The number of hydrogen-bond acceptors (Lipinski definition) is 6. The van der Waals surface area contributed by atoms with E-state index in [1.165, 1.54) is 31.3 Å². The van der Waals surface area contributed by atoms with Gasteiger partial charge in [-0.05, 0) is 35.0 Å². The Morgan fingerprint density at radius 2 is 1.68 bits per heavy atom. The molecule has 0 radical (unpaired) electrons. The highest BCUT2D eigenvalue weighted by Crippen LogP contribution is 2.20. The van der Waals surface area contributed by atoms with Gasteiger partial charge in [0.1, 0.15) is 5.75 Å². The van der Waals surface area contributed by atoms with Gasteiger partial charge in [-0.3, -0.25) is 14.9 Å².